The summed E-state index contributed by atoms with van der Waals surface area (Å²) >= 11 is 0. The van der Waals surface area contributed by atoms with Crippen LogP contribution in [0.4, 0.5) is 8.78 Å². The zero-order valence-electron chi connectivity index (χ0n) is 24.5. The Labute approximate surface area is 255 Å². The summed E-state index contributed by atoms with van der Waals surface area (Å²) in [5.41, 5.74) is 5.24. The second kappa shape index (κ2) is 19.5. The van der Waals surface area contributed by atoms with Gasteiger partial charge >= 0.3 is 5.97 Å². The number of aldehydes is 1. The molecule has 0 radical (unpaired) electrons. The van der Waals surface area contributed by atoms with Crippen molar-refractivity contribution in [2.24, 2.45) is 0 Å². The van der Waals surface area contributed by atoms with E-state index in [1.165, 1.54) is 7.11 Å². The van der Waals surface area contributed by atoms with E-state index in [1.807, 2.05) is 48.5 Å². The molecule has 0 aliphatic carbocycles. The Morgan fingerprint density at radius 1 is 0.818 bits per heavy atom. The molecule has 0 heterocycles. The molecule has 0 saturated heterocycles. The monoisotopic (exact) mass is 610 g/mol. The van der Waals surface area contributed by atoms with Gasteiger partial charge in [-0.15, -0.1) is 0 Å². The Hall–Kier alpha value is -4.64. The van der Waals surface area contributed by atoms with Gasteiger partial charge in [0.2, 0.25) is 0 Å². The van der Waals surface area contributed by atoms with Gasteiger partial charge in [-0.3, -0.25) is 9.68 Å². The molecule has 0 aliphatic heterocycles. The highest BCUT2D eigenvalue weighted by atomic mass is 19.3. The van der Waals surface area contributed by atoms with E-state index in [2.05, 4.69) is 24.1 Å². The highest BCUT2D eigenvalue weighted by molar-refractivity contribution is 5.87. The molecule has 3 aromatic carbocycles. The minimum Gasteiger partial charge on any atom is -0.392 e. The number of rotatable bonds is 16. The van der Waals surface area contributed by atoms with Gasteiger partial charge in [-0.25, -0.2) is 9.68 Å². The lowest BCUT2D eigenvalue weighted by Gasteiger charge is -2.14. The van der Waals surface area contributed by atoms with E-state index in [0.717, 1.165) is 53.2 Å². The number of aryl methyl sites for hydroxylation is 1. The van der Waals surface area contributed by atoms with Crippen LogP contribution in [0.15, 0.2) is 103 Å². The lowest BCUT2D eigenvalue weighted by Crippen LogP contribution is -2.12. The van der Waals surface area contributed by atoms with E-state index in [4.69, 9.17) is 24.9 Å². The number of carbonyl (C=O) groups is 2. The SMILES string of the molecule is C=C(C=O)CO.C=C(CO)C(=O)OOc1ccc(-c2ccc(-c3ccc(OOC)cc3)cc2CCCCCC=C(F)F)cc1. The third-order valence-electron chi connectivity index (χ3n) is 6.15. The van der Waals surface area contributed by atoms with E-state index in [0.29, 0.717) is 30.6 Å². The molecule has 8 nitrogen and oxygen atoms in total. The van der Waals surface area contributed by atoms with Crippen molar-refractivity contribution >= 4 is 12.3 Å². The molecule has 0 amide bonds. The first-order valence-corrected chi connectivity index (χ1v) is 13.7. The quantitative estimate of drug-likeness (QED) is 0.0589. The number of halogens is 2. The summed E-state index contributed by atoms with van der Waals surface area (Å²) in [4.78, 5) is 40.6. The summed E-state index contributed by atoms with van der Waals surface area (Å²) in [6, 6.07) is 20.8. The smallest absolute Gasteiger partial charge is 0.383 e. The molecule has 44 heavy (non-hydrogen) atoms. The Kier molecular flexibility index (Phi) is 15.8. The molecule has 3 aromatic rings. The number of hydrogen-bond donors (Lipinski definition) is 2. The van der Waals surface area contributed by atoms with Gasteiger partial charge in [-0.2, -0.15) is 13.7 Å². The lowest BCUT2D eigenvalue weighted by atomic mass is 9.92. The van der Waals surface area contributed by atoms with Crippen LogP contribution in [0.1, 0.15) is 31.2 Å². The van der Waals surface area contributed by atoms with Crippen molar-refractivity contribution in [2.45, 2.75) is 32.1 Å². The van der Waals surface area contributed by atoms with Gasteiger partial charge in [0.1, 0.15) is 6.29 Å². The first kappa shape index (κ1) is 35.6. The van der Waals surface area contributed by atoms with Crippen molar-refractivity contribution in [3.63, 3.8) is 0 Å². The van der Waals surface area contributed by atoms with Crippen LogP contribution in [-0.2, 0) is 25.8 Å². The third kappa shape index (κ3) is 12.3. The lowest BCUT2D eigenvalue weighted by molar-refractivity contribution is -0.209. The number of carbonyl (C=O) groups excluding carboxylic acids is 2. The van der Waals surface area contributed by atoms with Crippen LogP contribution in [0.25, 0.3) is 22.3 Å². The fourth-order valence-corrected chi connectivity index (χ4v) is 3.85. The highest BCUT2D eigenvalue weighted by Crippen LogP contribution is 2.32. The van der Waals surface area contributed by atoms with Crippen LogP contribution in [0.3, 0.4) is 0 Å². The van der Waals surface area contributed by atoms with Crippen molar-refractivity contribution in [2.75, 3.05) is 20.3 Å². The maximum absolute atomic E-state index is 12.3. The molecule has 0 saturated carbocycles. The number of hydrogen-bond acceptors (Lipinski definition) is 8. The van der Waals surface area contributed by atoms with Gasteiger partial charge in [0.15, 0.2) is 11.5 Å². The van der Waals surface area contributed by atoms with Crippen LogP contribution < -0.4 is 9.78 Å². The molecule has 10 heteroatoms. The largest absolute Gasteiger partial charge is 0.392 e. The second-order valence-electron chi connectivity index (χ2n) is 9.41. The van der Waals surface area contributed by atoms with E-state index in [1.54, 1.807) is 12.1 Å². The Morgan fingerprint density at radius 3 is 1.98 bits per heavy atom. The predicted molar refractivity (Wildman–Crippen MR) is 163 cm³/mol. The molecular weight excluding hydrogens is 574 g/mol. The molecular formula is C34H36F2O8. The summed E-state index contributed by atoms with van der Waals surface area (Å²) in [6.07, 6.45) is 3.36. The summed E-state index contributed by atoms with van der Waals surface area (Å²) in [7, 11) is 1.45. The molecule has 0 aliphatic rings. The molecule has 3 rings (SSSR count). The second-order valence-corrected chi connectivity index (χ2v) is 9.41. The number of allylic oxidation sites excluding steroid dienone is 1. The van der Waals surface area contributed by atoms with Crippen molar-refractivity contribution in [3.8, 4) is 33.8 Å². The Bertz CT molecular complexity index is 1400. The normalized spacial score (nSPS) is 10.1. The zero-order valence-corrected chi connectivity index (χ0v) is 24.5. The van der Waals surface area contributed by atoms with E-state index in [9.17, 15) is 18.4 Å². The van der Waals surface area contributed by atoms with Crippen molar-refractivity contribution in [1.82, 2.24) is 0 Å². The fraction of sp³-hybridized carbons (Fsp3) is 0.235. The summed E-state index contributed by atoms with van der Waals surface area (Å²) in [5, 5.41) is 16.9. The molecule has 0 fully saturated rings. The van der Waals surface area contributed by atoms with E-state index >= 15 is 0 Å². The summed E-state index contributed by atoms with van der Waals surface area (Å²) in [6.45, 7) is 5.81. The summed E-state index contributed by atoms with van der Waals surface area (Å²) < 4.78 is 24.6. The van der Waals surface area contributed by atoms with E-state index in [-0.39, 0.29) is 17.8 Å². The van der Waals surface area contributed by atoms with Gasteiger partial charge in [-0.05, 0) is 83.8 Å². The fourth-order valence-electron chi connectivity index (χ4n) is 3.85. The Morgan fingerprint density at radius 2 is 1.43 bits per heavy atom. The standard InChI is InChI=1S/C30H30F2O6.C4H6O2/c1-21(20-33)30(34)38-37-27-16-11-23(12-17-27)28-18-13-24(22-9-14-26(15-10-22)36-35-2)19-25(28)7-5-3-4-6-8-29(31)32;1-4(2-5)3-6/h8-19,33H,1,3-7,20H2,2H3;2,6H,1,3H2. The Balaban J connectivity index is 0.00000102. The maximum atomic E-state index is 12.3. The topological polar surface area (TPSA) is 112 Å². The zero-order chi connectivity index (χ0) is 32.3. The highest BCUT2D eigenvalue weighted by Gasteiger charge is 2.12. The third-order valence-corrected chi connectivity index (χ3v) is 6.15. The van der Waals surface area contributed by atoms with E-state index < -0.39 is 18.7 Å². The maximum Gasteiger partial charge on any atom is 0.383 e. The molecule has 0 unspecified atom stereocenters. The van der Waals surface area contributed by atoms with Crippen molar-refractivity contribution in [1.29, 1.82) is 0 Å². The number of benzene rings is 3. The number of unbranched alkanes of at least 4 members (excludes halogenated alkanes) is 3. The van der Waals surface area contributed by atoms with Crippen LogP contribution in [0, 0.1) is 0 Å². The predicted octanol–water partition coefficient (Wildman–Crippen LogP) is 6.96. The molecule has 0 aromatic heterocycles. The minimum absolute atomic E-state index is 0.113. The first-order valence-electron chi connectivity index (χ1n) is 13.7. The van der Waals surface area contributed by atoms with Crippen molar-refractivity contribution < 1.29 is 48.1 Å². The average molecular weight is 611 g/mol. The van der Waals surface area contributed by atoms with Gasteiger partial charge in [0.25, 0.3) is 6.08 Å². The van der Waals surface area contributed by atoms with Crippen LogP contribution in [0.5, 0.6) is 11.5 Å². The number of aliphatic hydroxyl groups excluding tert-OH is 2. The van der Waals surface area contributed by atoms with Crippen molar-refractivity contribution in [3.05, 3.63) is 109 Å². The van der Waals surface area contributed by atoms with Crippen LogP contribution in [0.2, 0.25) is 0 Å². The van der Waals surface area contributed by atoms with Gasteiger partial charge < -0.3 is 15.1 Å². The number of aliphatic hydroxyl groups is 2. The first-order chi connectivity index (χ1) is 21.2. The minimum atomic E-state index is -1.64. The molecule has 0 spiro atoms. The molecule has 0 atom stereocenters. The van der Waals surface area contributed by atoms with Crippen LogP contribution in [-0.4, -0.2) is 42.8 Å². The van der Waals surface area contributed by atoms with Crippen LogP contribution >= 0.6 is 0 Å². The average Bonchev–Trinajstić information content (AvgIpc) is 3.05. The van der Waals surface area contributed by atoms with Gasteiger partial charge in [0.05, 0.1) is 25.9 Å². The van der Waals surface area contributed by atoms with Gasteiger partial charge in [0, 0.05) is 5.57 Å². The van der Waals surface area contributed by atoms with Gasteiger partial charge in [-0.1, -0.05) is 62.0 Å². The molecule has 0 bridgehead atoms. The molecule has 234 valence electrons. The summed E-state index contributed by atoms with van der Waals surface area (Å²) in [5.74, 6) is 0.0686. The molecule has 2 N–H and O–H groups in total.